The summed E-state index contributed by atoms with van der Waals surface area (Å²) in [5.41, 5.74) is 0. The largest absolute Gasteiger partial charge is 0.480 e. The van der Waals surface area contributed by atoms with E-state index in [1.807, 2.05) is 0 Å². The molecule has 1 atom stereocenters. The molecular weight excluding hydrogens is 274 g/mol. The Morgan fingerprint density at radius 2 is 1.61 bits per heavy atom. The highest BCUT2D eigenvalue weighted by Crippen LogP contribution is 2.10. The third kappa shape index (κ3) is 7.03. The third-order valence-electron chi connectivity index (χ3n) is 1.71. The van der Waals surface area contributed by atoms with Gasteiger partial charge in [0.2, 0.25) is 0 Å². The molecule has 0 rings (SSSR count). The maximum atomic E-state index is 10.9. The van der Waals surface area contributed by atoms with Crippen LogP contribution in [0.15, 0.2) is 0 Å². The first-order chi connectivity index (χ1) is 8.38. The maximum absolute atomic E-state index is 10.9. The number of carboxylic acid groups (broad SMARTS) is 3. The lowest BCUT2D eigenvalue weighted by atomic mass is 10.2. The van der Waals surface area contributed by atoms with Crippen LogP contribution < -0.4 is 0 Å². The van der Waals surface area contributed by atoms with Crippen LogP contribution in [0.25, 0.3) is 0 Å². The van der Waals surface area contributed by atoms with Crippen molar-refractivity contribution in [3.8, 4) is 0 Å². The van der Waals surface area contributed by atoms with Gasteiger partial charge in [0.15, 0.2) is 0 Å². The molecular formula is C7H11NO9S. The first-order valence-corrected chi connectivity index (χ1v) is 5.29. The molecule has 1 unspecified atom stereocenters. The molecule has 0 aromatic carbocycles. The molecule has 0 saturated carbocycles. The van der Waals surface area contributed by atoms with Gasteiger partial charge in [0.1, 0.15) is 6.04 Å². The van der Waals surface area contributed by atoms with Gasteiger partial charge in [-0.05, 0) is 0 Å². The Bertz CT molecular complexity index is 293. The summed E-state index contributed by atoms with van der Waals surface area (Å²) in [6.45, 7) is -1.52. The van der Waals surface area contributed by atoms with E-state index in [4.69, 9.17) is 20.6 Å². The van der Waals surface area contributed by atoms with Crippen LogP contribution in [0.3, 0.4) is 0 Å². The van der Waals surface area contributed by atoms with Crippen LogP contribution in [0.2, 0.25) is 0 Å². The number of carboxylic acids is 3. The molecule has 10 nitrogen and oxygen atoms in total. The van der Waals surface area contributed by atoms with E-state index < -0.39 is 37.0 Å². The predicted octanol–water partition coefficient (Wildman–Crippen LogP) is -1.02. The van der Waals surface area contributed by atoms with Gasteiger partial charge in [0.25, 0.3) is 0 Å². The van der Waals surface area contributed by atoms with Crippen molar-refractivity contribution in [2.24, 2.45) is 0 Å². The Labute approximate surface area is 105 Å². The number of nitrogens with zero attached hydrogens (tertiary/aromatic N) is 1. The lowest BCUT2D eigenvalue weighted by Crippen LogP contribution is -2.47. The highest BCUT2D eigenvalue weighted by Gasteiger charge is 2.29. The van der Waals surface area contributed by atoms with Gasteiger partial charge in [-0.15, -0.1) is 4.33 Å². The Kier molecular flexibility index (Phi) is 7.98. The smallest absolute Gasteiger partial charge is 0.321 e. The van der Waals surface area contributed by atoms with E-state index >= 15 is 0 Å². The normalized spacial score (nSPS) is 12.3. The molecule has 0 aliphatic rings. The van der Waals surface area contributed by atoms with Crippen molar-refractivity contribution in [2.75, 3.05) is 18.8 Å². The van der Waals surface area contributed by atoms with Crippen molar-refractivity contribution in [1.29, 1.82) is 0 Å². The molecule has 0 bridgehead atoms. The fourth-order valence-electron chi connectivity index (χ4n) is 1.07. The summed E-state index contributed by atoms with van der Waals surface area (Å²) >= 11 is 0.392. The van der Waals surface area contributed by atoms with Gasteiger partial charge < -0.3 is 15.3 Å². The van der Waals surface area contributed by atoms with Crippen LogP contribution in [0.1, 0.15) is 0 Å². The number of rotatable bonds is 10. The van der Waals surface area contributed by atoms with E-state index in [1.165, 1.54) is 0 Å². The fourth-order valence-corrected chi connectivity index (χ4v) is 1.65. The third-order valence-corrected chi connectivity index (χ3v) is 2.32. The zero-order chi connectivity index (χ0) is 14.1. The summed E-state index contributed by atoms with van der Waals surface area (Å²) in [6.07, 6.45) is 0. The van der Waals surface area contributed by atoms with E-state index in [0.717, 1.165) is 4.90 Å². The Balaban J connectivity index is 4.67. The van der Waals surface area contributed by atoms with Gasteiger partial charge in [-0.2, -0.15) is 0 Å². The fraction of sp³-hybridized carbons (Fsp3) is 0.571. The second-order valence-corrected chi connectivity index (χ2v) is 3.68. The van der Waals surface area contributed by atoms with E-state index in [-0.39, 0.29) is 5.75 Å². The summed E-state index contributed by atoms with van der Waals surface area (Å²) in [6, 6.07) is -1.42. The summed E-state index contributed by atoms with van der Waals surface area (Å²) in [5, 5.41) is 37.1. The standard InChI is InChI=1S/C7H11NO9S/c9-5(10)1-8(2-6(11)12)4(7(13)14)3-18-17-16-15/h4,15H,1-3H2,(H,9,10)(H,11,12)(H,13,14). The number of carbonyl (C=O) groups is 3. The van der Waals surface area contributed by atoms with Gasteiger partial charge in [0, 0.05) is 17.8 Å². The molecule has 11 heteroatoms. The van der Waals surface area contributed by atoms with Crippen molar-refractivity contribution in [2.45, 2.75) is 6.04 Å². The molecule has 0 spiro atoms. The molecule has 0 aliphatic heterocycles. The van der Waals surface area contributed by atoms with Crippen LogP contribution in [-0.4, -0.2) is 68.3 Å². The minimum atomic E-state index is -1.42. The SMILES string of the molecule is O=C(O)CN(CC(=O)O)C(CSOOO)C(=O)O. The monoisotopic (exact) mass is 285 g/mol. The molecule has 4 N–H and O–H groups in total. The highest BCUT2D eigenvalue weighted by atomic mass is 32.2. The average Bonchev–Trinajstić information content (AvgIpc) is 2.21. The topological polar surface area (TPSA) is 154 Å². The molecule has 0 radical (unpaired) electrons. The molecule has 0 heterocycles. The van der Waals surface area contributed by atoms with Gasteiger partial charge in [-0.25, -0.2) is 5.26 Å². The first kappa shape index (κ1) is 16.6. The van der Waals surface area contributed by atoms with Crippen LogP contribution >= 0.6 is 12.0 Å². The molecule has 18 heavy (non-hydrogen) atoms. The molecule has 0 aromatic rings. The van der Waals surface area contributed by atoms with E-state index in [0.29, 0.717) is 12.0 Å². The summed E-state index contributed by atoms with van der Waals surface area (Å²) in [4.78, 5) is 32.7. The average molecular weight is 285 g/mol. The second kappa shape index (κ2) is 8.66. The van der Waals surface area contributed by atoms with Crippen LogP contribution in [0, 0.1) is 0 Å². The lowest BCUT2D eigenvalue weighted by Gasteiger charge is -2.24. The molecule has 104 valence electrons. The zero-order valence-corrected chi connectivity index (χ0v) is 9.70. The summed E-state index contributed by atoms with van der Waals surface area (Å²) in [7, 11) is 0. The van der Waals surface area contributed by atoms with Crippen molar-refractivity contribution < 1.29 is 44.3 Å². The van der Waals surface area contributed by atoms with Crippen LogP contribution in [-0.2, 0) is 23.8 Å². The molecule has 0 saturated heterocycles. The van der Waals surface area contributed by atoms with Gasteiger partial charge >= 0.3 is 17.9 Å². The van der Waals surface area contributed by atoms with Crippen LogP contribution in [0.5, 0.6) is 0 Å². The number of hydrogen-bond donors (Lipinski definition) is 4. The Morgan fingerprint density at radius 3 is 1.94 bits per heavy atom. The highest BCUT2D eigenvalue weighted by molar-refractivity contribution is 7.94. The van der Waals surface area contributed by atoms with Gasteiger partial charge in [-0.3, -0.25) is 19.3 Å². The minimum Gasteiger partial charge on any atom is -0.480 e. The van der Waals surface area contributed by atoms with Crippen molar-refractivity contribution >= 4 is 30.0 Å². The van der Waals surface area contributed by atoms with Crippen molar-refractivity contribution in [3.63, 3.8) is 0 Å². The lowest BCUT2D eigenvalue weighted by molar-refractivity contribution is -0.432. The Hall–Kier alpha value is -1.40. The van der Waals surface area contributed by atoms with E-state index in [1.54, 1.807) is 0 Å². The van der Waals surface area contributed by atoms with Crippen molar-refractivity contribution in [3.05, 3.63) is 0 Å². The maximum Gasteiger partial charge on any atom is 0.321 e. The first-order valence-electron chi connectivity index (χ1n) is 4.38. The zero-order valence-electron chi connectivity index (χ0n) is 8.88. The number of hydrogen-bond acceptors (Lipinski definition) is 8. The molecule has 0 aromatic heterocycles. The molecule has 0 fully saturated rings. The summed E-state index contributed by atoms with van der Waals surface area (Å²) in [5.74, 6) is -4.50. The van der Waals surface area contributed by atoms with Crippen molar-refractivity contribution in [1.82, 2.24) is 4.90 Å². The van der Waals surface area contributed by atoms with Crippen LogP contribution in [0.4, 0.5) is 0 Å². The summed E-state index contributed by atoms with van der Waals surface area (Å²) < 4.78 is 3.96. The Morgan fingerprint density at radius 1 is 1.11 bits per heavy atom. The van der Waals surface area contributed by atoms with E-state index in [9.17, 15) is 14.4 Å². The number of aliphatic carboxylic acids is 3. The van der Waals surface area contributed by atoms with Gasteiger partial charge in [0.05, 0.1) is 13.1 Å². The van der Waals surface area contributed by atoms with Gasteiger partial charge in [-0.1, -0.05) is 5.04 Å². The molecule has 0 amide bonds. The predicted molar refractivity (Wildman–Crippen MR) is 55.5 cm³/mol. The minimum absolute atomic E-state index is 0.337. The quantitative estimate of drug-likeness (QED) is 0.169. The molecule has 0 aliphatic carbocycles. The van der Waals surface area contributed by atoms with E-state index in [2.05, 4.69) is 9.37 Å². The second-order valence-electron chi connectivity index (χ2n) is 2.97.